The standard InChI is InChI=1S/C17H22N4O2/c1-21(2)11-3-10-19-15(22)17(8-9-17)16(23)20-14-6-4-13(12-18)5-7-14/h4-7H,3,8-11H2,1-2H3,(H,19,22)(H,20,23). The molecule has 0 spiro atoms. The summed E-state index contributed by atoms with van der Waals surface area (Å²) in [6, 6.07) is 8.63. The highest BCUT2D eigenvalue weighted by Gasteiger charge is 2.56. The van der Waals surface area contributed by atoms with Crippen molar-refractivity contribution in [2.24, 2.45) is 5.41 Å². The summed E-state index contributed by atoms with van der Waals surface area (Å²) in [6.45, 7) is 1.47. The number of rotatable bonds is 7. The molecule has 1 aliphatic carbocycles. The normalized spacial score (nSPS) is 14.9. The maximum absolute atomic E-state index is 12.4. The molecular weight excluding hydrogens is 292 g/mol. The molecule has 1 fully saturated rings. The van der Waals surface area contributed by atoms with Gasteiger partial charge in [-0.05, 0) is 64.2 Å². The van der Waals surface area contributed by atoms with Gasteiger partial charge in [-0.1, -0.05) is 0 Å². The van der Waals surface area contributed by atoms with Crippen LogP contribution in [0, 0.1) is 16.7 Å². The third-order valence-corrected chi connectivity index (χ3v) is 3.96. The lowest BCUT2D eigenvalue weighted by Gasteiger charge is -2.16. The van der Waals surface area contributed by atoms with Gasteiger partial charge in [0, 0.05) is 12.2 Å². The number of hydrogen-bond donors (Lipinski definition) is 2. The Morgan fingerprint density at radius 2 is 1.87 bits per heavy atom. The molecule has 6 heteroatoms. The van der Waals surface area contributed by atoms with E-state index in [1.807, 2.05) is 20.2 Å². The summed E-state index contributed by atoms with van der Waals surface area (Å²) < 4.78 is 0. The average Bonchev–Trinajstić information content (AvgIpc) is 3.34. The number of hydrogen-bond acceptors (Lipinski definition) is 4. The van der Waals surface area contributed by atoms with Crippen LogP contribution in [-0.4, -0.2) is 43.9 Å². The van der Waals surface area contributed by atoms with Gasteiger partial charge in [0.15, 0.2) is 0 Å². The van der Waals surface area contributed by atoms with Crippen molar-refractivity contribution >= 4 is 17.5 Å². The van der Waals surface area contributed by atoms with Crippen LogP contribution in [0.15, 0.2) is 24.3 Å². The zero-order chi connectivity index (χ0) is 16.9. The van der Waals surface area contributed by atoms with Gasteiger partial charge in [0.1, 0.15) is 5.41 Å². The zero-order valence-electron chi connectivity index (χ0n) is 13.6. The predicted octanol–water partition coefficient (Wildman–Crippen LogP) is 1.34. The monoisotopic (exact) mass is 314 g/mol. The molecule has 6 nitrogen and oxygen atoms in total. The Bertz CT molecular complexity index is 612. The van der Waals surface area contributed by atoms with Gasteiger partial charge in [0.2, 0.25) is 11.8 Å². The molecule has 0 aromatic heterocycles. The van der Waals surface area contributed by atoms with Crippen LogP contribution in [0.25, 0.3) is 0 Å². The van der Waals surface area contributed by atoms with Gasteiger partial charge in [-0.15, -0.1) is 0 Å². The molecule has 0 bridgehead atoms. The molecule has 1 aliphatic rings. The Balaban J connectivity index is 1.87. The molecule has 0 unspecified atom stereocenters. The number of nitrogens with zero attached hydrogens (tertiary/aromatic N) is 2. The number of anilines is 1. The van der Waals surface area contributed by atoms with E-state index in [9.17, 15) is 9.59 Å². The van der Waals surface area contributed by atoms with Crippen LogP contribution >= 0.6 is 0 Å². The third kappa shape index (κ3) is 4.30. The average molecular weight is 314 g/mol. The largest absolute Gasteiger partial charge is 0.355 e. The van der Waals surface area contributed by atoms with E-state index in [0.29, 0.717) is 30.6 Å². The second-order valence-corrected chi connectivity index (χ2v) is 6.14. The first-order valence-corrected chi connectivity index (χ1v) is 7.72. The lowest BCUT2D eigenvalue weighted by Crippen LogP contribution is -2.40. The van der Waals surface area contributed by atoms with Crippen LogP contribution in [0.5, 0.6) is 0 Å². The first-order chi connectivity index (χ1) is 11.0. The van der Waals surface area contributed by atoms with Crippen molar-refractivity contribution in [1.82, 2.24) is 10.2 Å². The number of benzene rings is 1. The van der Waals surface area contributed by atoms with E-state index < -0.39 is 5.41 Å². The second-order valence-electron chi connectivity index (χ2n) is 6.14. The van der Waals surface area contributed by atoms with Crippen molar-refractivity contribution in [3.05, 3.63) is 29.8 Å². The minimum atomic E-state index is -0.925. The number of carbonyl (C=O) groups excluding carboxylic acids is 2. The van der Waals surface area contributed by atoms with Gasteiger partial charge in [-0.2, -0.15) is 5.26 Å². The topological polar surface area (TPSA) is 85.2 Å². The Morgan fingerprint density at radius 3 is 2.39 bits per heavy atom. The van der Waals surface area contributed by atoms with Crippen LogP contribution in [0.4, 0.5) is 5.69 Å². The van der Waals surface area contributed by atoms with Crippen LogP contribution in [-0.2, 0) is 9.59 Å². The van der Waals surface area contributed by atoms with E-state index in [2.05, 4.69) is 15.5 Å². The molecule has 0 aliphatic heterocycles. The summed E-state index contributed by atoms with van der Waals surface area (Å²) in [4.78, 5) is 26.7. The molecule has 0 heterocycles. The minimum Gasteiger partial charge on any atom is -0.355 e. The number of carbonyl (C=O) groups is 2. The molecule has 1 saturated carbocycles. The molecule has 2 rings (SSSR count). The molecule has 2 amide bonds. The van der Waals surface area contributed by atoms with Crippen LogP contribution in [0.1, 0.15) is 24.8 Å². The lowest BCUT2D eigenvalue weighted by molar-refractivity contribution is -0.134. The van der Waals surface area contributed by atoms with E-state index in [0.717, 1.165) is 13.0 Å². The highest BCUT2D eigenvalue weighted by Crippen LogP contribution is 2.46. The summed E-state index contributed by atoms with van der Waals surface area (Å²) in [5.41, 5.74) is 0.204. The predicted molar refractivity (Wildman–Crippen MR) is 87.6 cm³/mol. The van der Waals surface area contributed by atoms with Gasteiger partial charge in [0.05, 0.1) is 11.6 Å². The first-order valence-electron chi connectivity index (χ1n) is 7.72. The Morgan fingerprint density at radius 1 is 1.22 bits per heavy atom. The molecule has 1 aromatic carbocycles. The molecular formula is C17H22N4O2. The molecule has 0 atom stereocenters. The summed E-state index contributed by atoms with van der Waals surface area (Å²) in [5.74, 6) is -0.463. The van der Waals surface area contributed by atoms with Crippen LogP contribution < -0.4 is 10.6 Å². The zero-order valence-corrected chi connectivity index (χ0v) is 13.6. The Labute approximate surface area is 136 Å². The van der Waals surface area contributed by atoms with Crippen molar-refractivity contribution in [1.29, 1.82) is 5.26 Å². The summed E-state index contributed by atoms with van der Waals surface area (Å²) >= 11 is 0. The van der Waals surface area contributed by atoms with Crippen molar-refractivity contribution < 1.29 is 9.59 Å². The quantitative estimate of drug-likeness (QED) is 0.587. The lowest BCUT2D eigenvalue weighted by atomic mass is 10.0. The summed E-state index contributed by atoms with van der Waals surface area (Å²) in [6.07, 6.45) is 2.01. The fraction of sp³-hybridized carbons (Fsp3) is 0.471. The van der Waals surface area contributed by atoms with Crippen LogP contribution in [0.3, 0.4) is 0 Å². The molecule has 23 heavy (non-hydrogen) atoms. The second kappa shape index (κ2) is 7.25. The van der Waals surface area contributed by atoms with Gasteiger partial charge in [-0.3, -0.25) is 9.59 Å². The number of amides is 2. The van der Waals surface area contributed by atoms with E-state index in [1.54, 1.807) is 24.3 Å². The van der Waals surface area contributed by atoms with E-state index in [4.69, 9.17) is 5.26 Å². The highest BCUT2D eigenvalue weighted by atomic mass is 16.2. The minimum absolute atomic E-state index is 0.192. The first kappa shape index (κ1) is 17.0. The number of nitriles is 1. The molecule has 1 aromatic rings. The maximum Gasteiger partial charge on any atom is 0.240 e. The summed E-state index contributed by atoms with van der Waals surface area (Å²) in [7, 11) is 3.96. The SMILES string of the molecule is CN(C)CCCNC(=O)C1(C(=O)Nc2ccc(C#N)cc2)CC1. The molecule has 0 radical (unpaired) electrons. The van der Waals surface area contributed by atoms with Crippen molar-refractivity contribution in [3.63, 3.8) is 0 Å². The van der Waals surface area contributed by atoms with Crippen LogP contribution in [0.2, 0.25) is 0 Å². The van der Waals surface area contributed by atoms with Gasteiger partial charge >= 0.3 is 0 Å². The fourth-order valence-electron chi connectivity index (χ4n) is 2.33. The molecule has 122 valence electrons. The Kier molecular flexibility index (Phi) is 5.35. The summed E-state index contributed by atoms with van der Waals surface area (Å²) in [5, 5.41) is 14.4. The highest BCUT2D eigenvalue weighted by molar-refractivity contribution is 6.13. The number of nitrogens with one attached hydrogen (secondary N) is 2. The van der Waals surface area contributed by atoms with Crippen molar-refractivity contribution in [3.8, 4) is 6.07 Å². The van der Waals surface area contributed by atoms with Crippen molar-refractivity contribution in [2.45, 2.75) is 19.3 Å². The molecule has 0 saturated heterocycles. The third-order valence-electron chi connectivity index (χ3n) is 3.96. The smallest absolute Gasteiger partial charge is 0.240 e. The van der Waals surface area contributed by atoms with Crippen molar-refractivity contribution in [2.75, 3.05) is 32.5 Å². The van der Waals surface area contributed by atoms with Gasteiger partial charge in [0.25, 0.3) is 0 Å². The Hall–Kier alpha value is -2.39. The maximum atomic E-state index is 12.4. The van der Waals surface area contributed by atoms with E-state index in [1.165, 1.54) is 0 Å². The van der Waals surface area contributed by atoms with Gasteiger partial charge in [-0.25, -0.2) is 0 Å². The van der Waals surface area contributed by atoms with Gasteiger partial charge < -0.3 is 15.5 Å². The molecule has 2 N–H and O–H groups in total. The fourth-order valence-corrected chi connectivity index (χ4v) is 2.33. The van der Waals surface area contributed by atoms with E-state index >= 15 is 0 Å². The van der Waals surface area contributed by atoms with E-state index in [-0.39, 0.29) is 11.8 Å².